The Balaban J connectivity index is 2.77. The number of primary sulfonamides is 1. The lowest BCUT2D eigenvalue weighted by Crippen LogP contribution is -2.12. The van der Waals surface area contributed by atoms with E-state index in [0.717, 1.165) is 12.1 Å². The number of rotatable bonds is 5. The Bertz CT molecular complexity index is 717. The zero-order chi connectivity index (χ0) is 14.9. The molecule has 6 heteroatoms. The van der Waals surface area contributed by atoms with Gasteiger partial charge in [-0.2, -0.15) is 0 Å². The summed E-state index contributed by atoms with van der Waals surface area (Å²) in [4.78, 5) is 0.122. The van der Waals surface area contributed by atoms with Gasteiger partial charge in [-0.1, -0.05) is 19.9 Å². The summed E-state index contributed by atoms with van der Waals surface area (Å²) in [5.41, 5.74) is 0.827. The summed E-state index contributed by atoms with van der Waals surface area (Å²) < 4.78 is 31.1. The zero-order valence-electron chi connectivity index (χ0n) is 12.0. The molecule has 0 radical (unpaired) electrons. The van der Waals surface area contributed by atoms with Gasteiger partial charge in [0.05, 0.1) is 17.5 Å². The van der Waals surface area contributed by atoms with E-state index in [4.69, 9.17) is 9.88 Å². The number of hydrogen-bond donors (Lipinski definition) is 1. The average Bonchev–Trinajstić information content (AvgIpc) is 2.69. The molecule has 0 spiro atoms. The highest BCUT2D eigenvalue weighted by molar-refractivity contribution is 7.89. The summed E-state index contributed by atoms with van der Waals surface area (Å²) in [6.45, 7) is 7.21. The van der Waals surface area contributed by atoms with Crippen molar-refractivity contribution in [2.45, 2.75) is 32.2 Å². The van der Waals surface area contributed by atoms with Gasteiger partial charge in [0.2, 0.25) is 10.0 Å². The van der Waals surface area contributed by atoms with Gasteiger partial charge < -0.3 is 9.30 Å². The van der Waals surface area contributed by atoms with Crippen LogP contribution in [0.1, 0.15) is 20.8 Å². The van der Waals surface area contributed by atoms with E-state index in [2.05, 4.69) is 13.8 Å². The topological polar surface area (TPSA) is 74.3 Å². The molecule has 110 valence electrons. The third-order valence-electron chi connectivity index (χ3n) is 3.00. The van der Waals surface area contributed by atoms with Crippen LogP contribution in [0.2, 0.25) is 0 Å². The first kappa shape index (κ1) is 14.9. The Morgan fingerprint density at radius 3 is 2.60 bits per heavy atom. The van der Waals surface area contributed by atoms with Crippen molar-refractivity contribution >= 4 is 20.9 Å². The van der Waals surface area contributed by atoms with Crippen LogP contribution in [0.3, 0.4) is 0 Å². The van der Waals surface area contributed by atoms with Crippen molar-refractivity contribution in [1.29, 1.82) is 0 Å². The normalized spacial score (nSPS) is 12.2. The number of nitrogens with zero attached hydrogens (tertiary/aromatic N) is 1. The molecule has 0 bridgehead atoms. The van der Waals surface area contributed by atoms with E-state index in [1.54, 1.807) is 12.3 Å². The van der Waals surface area contributed by atoms with Crippen molar-refractivity contribution < 1.29 is 13.2 Å². The second-order valence-electron chi connectivity index (χ2n) is 5.17. The zero-order valence-corrected chi connectivity index (χ0v) is 12.8. The molecule has 20 heavy (non-hydrogen) atoms. The van der Waals surface area contributed by atoms with Gasteiger partial charge in [0.1, 0.15) is 10.6 Å². The van der Waals surface area contributed by atoms with Crippen molar-refractivity contribution in [1.82, 2.24) is 4.57 Å². The van der Waals surface area contributed by atoms with Crippen LogP contribution < -0.4 is 9.88 Å². The second-order valence-corrected chi connectivity index (χ2v) is 6.70. The fourth-order valence-corrected chi connectivity index (χ4v) is 3.08. The van der Waals surface area contributed by atoms with Crippen LogP contribution in [0, 0.1) is 5.92 Å². The average molecular weight is 296 g/mol. The molecule has 1 aromatic carbocycles. The van der Waals surface area contributed by atoms with E-state index in [9.17, 15) is 8.42 Å². The molecule has 1 heterocycles. The Labute approximate surface area is 119 Å². The number of sulfonamides is 1. The largest absolute Gasteiger partial charge is 0.493 e. The predicted molar refractivity (Wildman–Crippen MR) is 79.3 cm³/mol. The Hall–Kier alpha value is -1.53. The predicted octanol–water partition coefficient (Wildman–Crippen LogP) is 2.34. The second kappa shape index (κ2) is 5.46. The summed E-state index contributed by atoms with van der Waals surface area (Å²) in [5, 5.41) is 5.90. The van der Waals surface area contributed by atoms with Gasteiger partial charge in [0, 0.05) is 12.7 Å². The monoisotopic (exact) mass is 296 g/mol. The molecule has 5 nitrogen and oxygen atoms in total. The Kier molecular flexibility index (Phi) is 4.06. The minimum Gasteiger partial charge on any atom is -0.493 e. The van der Waals surface area contributed by atoms with Crippen molar-refractivity contribution in [3.05, 3.63) is 24.4 Å². The van der Waals surface area contributed by atoms with E-state index < -0.39 is 10.0 Å². The van der Waals surface area contributed by atoms with Gasteiger partial charge >= 0.3 is 0 Å². The fourth-order valence-electron chi connectivity index (χ4n) is 2.32. The molecule has 2 rings (SSSR count). The first-order valence-corrected chi connectivity index (χ1v) is 8.16. The lowest BCUT2D eigenvalue weighted by atomic mass is 10.2. The van der Waals surface area contributed by atoms with Gasteiger partial charge in [-0.3, -0.25) is 0 Å². The molecule has 0 unspecified atom stereocenters. The van der Waals surface area contributed by atoms with Gasteiger partial charge in [0.15, 0.2) is 0 Å². The van der Waals surface area contributed by atoms with E-state index in [1.807, 2.05) is 23.6 Å². The molecule has 2 aromatic rings. The summed E-state index contributed by atoms with van der Waals surface area (Å²) in [5.74, 6) is 0.950. The van der Waals surface area contributed by atoms with Gasteiger partial charge in [-0.15, -0.1) is 0 Å². The molecule has 1 aromatic heterocycles. The molecular formula is C14H20N2O3S. The summed E-state index contributed by atoms with van der Waals surface area (Å²) in [6.07, 6.45) is 1.60. The molecule has 0 atom stereocenters. The van der Waals surface area contributed by atoms with Crippen LogP contribution in [0.5, 0.6) is 5.75 Å². The first-order valence-electron chi connectivity index (χ1n) is 6.62. The molecular weight excluding hydrogens is 276 g/mol. The molecule has 0 aliphatic heterocycles. The molecule has 0 amide bonds. The fraction of sp³-hybridized carbons (Fsp3) is 0.429. The lowest BCUT2D eigenvalue weighted by Gasteiger charge is -2.09. The quantitative estimate of drug-likeness (QED) is 0.920. The van der Waals surface area contributed by atoms with Crippen LogP contribution >= 0.6 is 0 Å². The summed E-state index contributed by atoms with van der Waals surface area (Å²) in [6, 6.07) is 5.51. The number of hydrogen-bond acceptors (Lipinski definition) is 3. The van der Waals surface area contributed by atoms with Crippen LogP contribution in [-0.2, 0) is 16.6 Å². The van der Waals surface area contributed by atoms with Gasteiger partial charge in [-0.25, -0.2) is 13.6 Å². The van der Waals surface area contributed by atoms with Crippen molar-refractivity contribution in [2.24, 2.45) is 11.1 Å². The van der Waals surface area contributed by atoms with Crippen LogP contribution in [0.25, 0.3) is 10.9 Å². The van der Waals surface area contributed by atoms with Crippen LogP contribution in [0.4, 0.5) is 0 Å². The third kappa shape index (κ3) is 2.81. The lowest BCUT2D eigenvalue weighted by molar-refractivity contribution is 0.344. The maximum atomic E-state index is 11.8. The number of nitrogens with two attached hydrogens (primary N) is 1. The van der Waals surface area contributed by atoms with Gasteiger partial charge in [0.25, 0.3) is 0 Å². The highest BCUT2D eigenvalue weighted by Gasteiger charge is 2.21. The number of benzene rings is 1. The molecule has 0 saturated carbocycles. The van der Waals surface area contributed by atoms with E-state index in [1.165, 1.54) is 0 Å². The molecule has 2 N–H and O–H groups in total. The maximum Gasteiger partial charge on any atom is 0.240 e. The van der Waals surface area contributed by atoms with E-state index in [-0.39, 0.29) is 4.90 Å². The van der Waals surface area contributed by atoms with Crippen molar-refractivity contribution in [3.63, 3.8) is 0 Å². The number of aromatic nitrogens is 1. The van der Waals surface area contributed by atoms with Crippen molar-refractivity contribution in [2.75, 3.05) is 6.61 Å². The van der Waals surface area contributed by atoms with Crippen molar-refractivity contribution in [3.8, 4) is 5.75 Å². The van der Waals surface area contributed by atoms with Gasteiger partial charge in [-0.05, 0) is 25.0 Å². The van der Waals surface area contributed by atoms with E-state index >= 15 is 0 Å². The maximum absolute atomic E-state index is 11.8. The molecule has 0 aliphatic rings. The highest BCUT2D eigenvalue weighted by atomic mass is 32.2. The van der Waals surface area contributed by atoms with Crippen LogP contribution in [0.15, 0.2) is 29.3 Å². The Morgan fingerprint density at radius 1 is 1.35 bits per heavy atom. The highest BCUT2D eigenvalue weighted by Crippen LogP contribution is 2.33. The minimum absolute atomic E-state index is 0.122. The smallest absolute Gasteiger partial charge is 0.240 e. The van der Waals surface area contributed by atoms with Crippen LogP contribution in [-0.4, -0.2) is 19.6 Å². The number of ether oxygens (including phenoxy) is 1. The first-order chi connectivity index (χ1) is 9.34. The molecule has 0 fully saturated rings. The Morgan fingerprint density at radius 2 is 2.05 bits per heavy atom. The molecule has 0 aliphatic carbocycles. The summed E-state index contributed by atoms with van der Waals surface area (Å²) in [7, 11) is -3.79. The SMILES string of the molecule is CCOc1cccc2c1c(S(N)(=O)=O)cn2CC(C)C. The molecule has 0 saturated heterocycles. The van der Waals surface area contributed by atoms with E-state index in [0.29, 0.717) is 23.7 Å². The standard InChI is InChI=1S/C14H20N2O3S/c1-4-19-12-7-5-6-11-14(12)13(20(15,17)18)9-16(11)8-10(2)3/h5-7,9-10H,4,8H2,1-3H3,(H2,15,17,18). The third-order valence-corrected chi connectivity index (χ3v) is 3.92. The summed E-state index contributed by atoms with van der Waals surface area (Å²) >= 11 is 0. The number of fused-ring (bicyclic) bond motifs is 1. The minimum atomic E-state index is -3.79.